The summed E-state index contributed by atoms with van der Waals surface area (Å²) in [5, 5.41) is 4.76. The fourth-order valence-corrected chi connectivity index (χ4v) is 1.75. The molecule has 90 valence electrons. The maximum Gasteiger partial charge on any atom is 0.351 e. The Morgan fingerprint density at radius 3 is 2.47 bits per heavy atom. The molecule has 17 heavy (non-hydrogen) atoms. The van der Waals surface area contributed by atoms with Crippen LogP contribution in [0.4, 0.5) is 0 Å². The summed E-state index contributed by atoms with van der Waals surface area (Å²) >= 11 is 5.97. The average Bonchev–Trinajstić information content (AvgIpc) is 2.51. The van der Waals surface area contributed by atoms with Crippen LogP contribution in [0.15, 0.2) is 10.9 Å². The normalized spacial score (nSPS) is 10.9. The highest BCUT2D eigenvalue weighted by molar-refractivity contribution is 6.31. The molecule has 2 heterocycles. The zero-order valence-electron chi connectivity index (χ0n) is 10.2. The number of nitrogens with zero attached hydrogens (tertiary/aromatic N) is 4. The summed E-state index contributed by atoms with van der Waals surface area (Å²) in [4.78, 5) is 16.2. The van der Waals surface area contributed by atoms with Crippen molar-refractivity contribution in [1.29, 1.82) is 0 Å². The van der Waals surface area contributed by atoms with Crippen LogP contribution in [0.2, 0.25) is 5.02 Å². The van der Waals surface area contributed by atoms with Crippen LogP contribution in [-0.2, 0) is 7.05 Å². The van der Waals surface area contributed by atoms with Gasteiger partial charge in [-0.1, -0.05) is 11.6 Å². The van der Waals surface area contributed by atoms with Crippen LogP contribution in [0.25, 0.3) is 5.82 Å². The lowest BCUT2D eigenvalue weighted by molar-refractivity contribution is 0.770. The highest BCUT2D eigenvalue weighted by atomic mass is 35.5. The summed E-state index contributed by atoms with van der Waals surface area (Å²) in [6.07, 6.45) is 0. The minimum Gasteiger partial charge on any atom is -0.282 e. The third-order valence-electron chi connectivity index (χ3n) is 2.71. The van der Waals surface area contributed by atoms with E-state index in [4.69, 9.17) is 11.6 Å². The van der Waals surface area contributed by atoms with Gasteiger partial charge in [0, 0.05) is 7.05 Å². The maximum absolute atomic E-state index is 11.9. The molecule has 2 rings (SSSR count). The Bertz CT molecular complexity index is 642. The van der Waals surface area contributed by atoms with Crippen molar-refractivity contribution < 1.29 is 0 Å². The van der Waals surface area contributed by atoms with E-state index in [1.807, 2.05) is 6.92 Å². The van der Waals surface area contributed by atoms with Crippen molar-refractivity contribution in [2.45, 2.75) is 20.8 Å². The maximum atomic E-state index is 11.9. The molecule has 0 radical (unpaired) electrons. The van der Waals surface area contributed by atoms with E-state index < -0.39 is 0 Å². The Hall–Kier alpha value is -1.62. The molecular formula is C11H13ClN4O. The first-order chi connectivity index (χ1) is 7.91. The molecule has 0 saturated carbocycles. The lowest BCUT2D eigenvalue weighted by Crippen LogP contribution is -2.23. The fraction of sp³-hybridized carbons (Fsp3) is 0.364. The number of pyridine rings is 1. The minimum atomic E-state index is -0.208. The Morgan fingerprint density at radius 1 is 1.29 bits per heavy atom. The van der Waals surface area contributed by atoms with Gasteiger partial charge in [0.25, 0.3) is 0 Å². The van der Waals surface area contributed by atoms with Crippen LogP contribution in [0.5, 0.6) is 0 Å². The Morgan fingerprint density at radius 2 is 1.94 bits per heavy atom. The third-order valence-corrected chi connectivity index (χ3v) is 3.10. The van der Waals surface area contributed by atoms with Gasteiger partial charge < -0.3 is 0 Å². The van der Waals surface area contributed by atoms with Crippen molar-refractivity contribution in [3.63, 3.8) is 0 Å². The quantitative estimate of drug-likeness (QED) is 0.774. The van der Waals surface area contributed by atoms with Gasteiger partial charge >= 0.3 is 5.69 Å². The molecule has 0 spiro atoms. The molecule has 0 bridgehead atoms. The van der Waals surface area contributed by atoms with Crippen LogP contribution in [0.1, 0.15) is 17.1 Å². The van der Waals surface area contributed by atoms with Crippen LogP contribution >= 0.6 is 11.6 Å². The molecular weight excluding hydrogens is 240 g/mol. The van der Waals surface area contributed by atoms with Crippen molar-refractivity contribution >= 4 is 11.6 Å². The first-order valence-corrected chi connectivity index (χ1v) is 5.56. The van der Waals surface area contributed by atoms with E-state index in [1.54, 1.807) is 27.0 Å². The van der Waals surface area contributed by atoms with Gasteiger partial charge in [-0.15, -0.1) is 5.10 Å². The van der Waals surface area contributed by atoms with E-state index in [2.05, 4.69) is 10.1 Å². The minimum absolute atomic E-state index is 0.208. The SMILES string of the molecule is Cc1cc(Cl)c(C)nc1-n1nc(C)n(C)c1=O. The van der Waals surface area contributed by atoms with E-state index in [-0.39, 0.29) is 5.69 Å². The van der Waals surface area contributed by atoms with Crippen molar-refractivity contribution in [1.82, 2.24) is 19.3 Å². The van der Waals surface area contributed by atoms with Gasteiger partial charge in [-0.25, -0.2) is 9.78 Å². The molecule has 2 aromatic heterocycles. The first-order valence-electron chi connectivity index (χ1n) is 5.18. The van der Waals surface area contributed by atoms with Crippen LogP contribution in [0, 0.1) is 20.8 Å². The van der Waals surface area contributed by atoms with Gasteiger partial charge in [0.15, 0.2) is 5.82 Å². The van der Waals surface area contributed by atoms with Crippen molar-refractivity contribution in [2.24, 2.45) is 7.05 Å². The second-order valence-corrected chi connectivity index (χ2v) is 4.40. The Kier molecular flexibility index (Phi) is 2.79. The van der Waals surface area contributed by atoms with Crippen molar-refractivity contribution in [2.75, 3.05) is 0 Å². The first kappa shape index (κ1) is 11.9. The Labute approximate surface area is 104 Å². The van der Waals surface area contributed by atoms with Gasteiger partial charge in [-0.3, -0.25) is 4.57 Å². The largest absolute Gasteiger partial charge is 0.351 e. The van der Waals surface area contributed by atoms with Gasteiger partial charge in [-0.05, 0) is 32.4 Å². The number of hydrogen-bond donors (Lipinski definition) is 0. The smallest absolute Gasteiger partial charge is 0.282 e. The highest BCUT2D eigenvalue weighted by Gasteiger charge is 2.13. The predicted octanol–water partition coefficient (Wildman–Crippen LogP) is 1.54. The molecule has 0 aliphatic carbocycles. The summed E-state index contributed by atoms with van der Waals surface area (Å²) in [5.41, 5.74) is 1.29. The summed E-state index contributed by atoms with van der Waals surface area (Å²) in [5.74, 6) is 1.17. The molecule has 6 heteroatoms. The van der Waals surface area contributed by atoms with E-state index >= 15 is 0 Å². The van der Waals surface area contributed by atoms with E-state index in [9.17, 15) is 4.79 Å². The number of aromatic nitrogens is 4. The summed E-state index contributed by atoms with van der Waals surface area (Å²) in [6.45, 7) is 5.42. The van der Waals surface area contributed by atoms with Gasteiger partial charge in [0.1, 0.15) is 5.82 Å². The molecule has 0 atom stereocenters. The predicted molar refractivity (Wildman–Crippen MR) is 65.8 cm³/mol. The monoisotopic (exact) mass is 252 g/mol. The lowest BCUT2D eigenvalue weighted by atomic mass is 10.2. The van der Waals surface area contributed by atoms with E-state index in [1.165, 1.54) is 9.25 Å². The Balaban J connectivity index is 2.73. The molecule has 2 aromatic rings. The molecule has 0 aliphatic heterocycles. The van der Waals surface area contributed by atoms with Crippen molar-refractivity contribution in [3.05, 3.63) is 38.7 Å². The van der Waals surface area contributed by atoms with Gasteiger partial charge in [0.2, 0.25) is 0 Å². The van der Waals surface area contributed by atoms with E-state index in [0.717, 1.165) is 5.56 Å². The molecule has 0 saturated heterocycles. The molecule has 0 amide bonds. The molecule has 0 aliphatic rings. The van der Waals surface area contributed by atoms with Crippen molar-refractivity contribution in [3.8, 4) is 5.82 Å². The summed E-state index contributed by atoms with van der Waals surface area (Å²) in [6, 6.07) is 1.79. The van der Waals surface area contributed by atoms with Crippen LogP contribution < -0.4 is 5.69 Å². The summed E-state index contributed by atoms with van der Waals surface area (Å²) < 4.78 is 2.78. The standard InChI is InChI=1S/C11H13ClN4O/c1-6-5-9(12)7(2)13-10(6)16-11(17)15(4)8(3)14-16/h5H,1-4H3. The van der Waals surface area contributed by atoms with Gasteiger partial charge in [-0.2, -0.15) is 4.68 Å². The average molecular weight is 253 g/mol. The fourth-order valence-electron chi connectivity index (χ4n) is 1.55. The zero-order valence-corrected chi connectivity index (χ0v) is 10.9. The number of hydrogen-bond acceptors (Lipinski definition) is 3. The molecule has 0 N–H and O–H groups in total. The van der Waals surface area contributed by atoms with Crippen LogP contribution in [-0.4, -0.2) is 19.3 Å². The second-order valence-electron chi connectivity index (χ2n) is 4.00. The zero-order chi connectivity index (χ0) is 12.7. The van der Waals surface area contributed by atoms with Crippen LogP contribution in [0.3, 0.4) is 0 Å². The van der Waals surface area contributed by atoms with Gasteiger partial charge in [0.05, 0.1) is 10.7 Å². The highest BCUT2D eigenvalue weighted by Crippen LogP contribution is 2.18. The number of aryl methyl sites for hydroxylation is 3. The second kappa shape index (κ2) is 4.00. The number of rotatable bonds is 1. The van der Waals surface area contributed by atoms with E-state index in [0.29, 0.717) is 22.4 Å². The lowest BCUT2D eigenvalue weighted by Gasteiger charge is -2.06. The molecule has 0 fully saturated rings. The molecule has 0 aromatic carbocycles. The molecule has 5 nitrogen and oxygen atoms in total. The summed E-state index contributed by atoms with van der Waals surface area (Å²) in [7, 11) is 1.68. The topological polar surface area (TPSA) is 52.7 Å². The third kappa shape index (κ3) is 1.86. The number of halogens is 1. The molecule has 0 unspecified atom stereocenters.